The first-order valence-electron chi connectivity index (χ1n) is 11.5. The zero-order chi connectivity index (χ0) is 21.3. The van der Waals surface area contributed by atoms with Gasteiger partial charge in [0.25, 0.3) is 0 Å². The summed E-state index contributed by atoms with van der Waals surface area (Å²) in [5, 5.41) is 4.77. The molecule has 0 bridgehead atoms. The van der Waals surface area contributed by atoms with E-state index in [2.05, 4.69) is 47.3 Å². The molecule has 1 saturated carbocycles. The highest BCUT2D eigenvalue weighted by atomic mass is 16.5. The molecule has 0 spiro atoms. The predicted molar refractivity (Wildman–Crippen MR) is 124 cm³/mol. The van der Waals surface area contributed by atoms with Crippen molar-refractivity contribution < 1.29 is 4.74 Å². The Morgan fingerprint density at radius 3 is 2.59 bits per heavy atom. The van der Waals surface area contributed by atoms with Gasteiger partial charge in [0.05, 0.1) is 29.6 Å². The minimum absolute atomic E-state index is 0.426. The van der Waals surface area contributed by atoms with E-state index in [1.54, 1.807) is 18.7 Å². The van der Waals surface area contributed by atoms with E-state index in [1.165, 1.54) is 12.8 Å². The van der Waals surface area contributed by atoms with E-state index in [4.69, 9.17) is 4.74 Å². The lowest BCUT2D eigenvalue weighted by molar-refractivity contribution is 0.00791. The number of anilines is 1. The van der Waals surface area contributed by atoms with E-state index >= 15 is 0 Å². The second kappa shape index (κ2) is 8.44. The molecule has 164 valence electrons. The van der Waals surface area contributed by atoms with E-state index in [1.807, 2.05) is 12.3 Å². The number of nitrogens with one attached hydrogen (secondary N) is 2. The van der Waals surface area contributed by atoms with Gasteiger partial charge in [0.2, 0.25) is 0 Å². The molecular weight excluding hydrogens is 402 g/mol. The van der Waals surface area contributed by atoms with Crippen molar-refractivity contribution in [3.05, 3.63) is 43.1 Å². The van der Waals surface area contributed by atoms with Crippen LogP contribution >= 0.6 is 0 Å². The number of aromatic amines is 1. The molecule has 0 radical (unpaired) electrons. The van der Waals surface area contributed by atoms with Gasteiger partial charge in [-0.15, -0.1) is 0 Å². The molecule has 1 saturated heterocycles. The molecule has 6 rings (SSSR count). The van der Waals surface area contributed by atoms with Crippen molar-refractivity contribution in [2.24, 2.45) is 0 Å². The molecule has 4 aromatic rings. The third-order valence-electron chi connectivity index (χ3n) is 6.85. The summed E-state index contributed by atoms with van der Waals surface area (Å²) < 4.78 is 5.52. The predicted octanol–water partition coefficient (Wildman–Crippen LogP) is 3.62. The van der Waals surface area contributed by atoms with E-state index in [9.17, 15) is 0 Å². The summed E-state index contributed by atoms with van der Waals surface area (Å²) in [5.41, 5.74) is 4.78. The monoisotopic (exact) mass is 429 g/mol. The van der Waals surface area contributed by atoms with Gasteiger partial charge >= 0.3 is 0 Å². The highest BCUT2D eigenvalue weighted by Gasteiger charge is 2.27. The molecule has 0 unspecified atom stereocenters. The van der Waals surface area contributed by atoms with Crippen LogP contribution in [0.3, 0.4) is 0 Å². The molecule has 3 aromatic heterocycles. The summed E-state index contributed by atoms with van der Waals surface area (Å²) in [6.45, 7) is 3.87. The summed E-state index contributed by atoms with van der Waals surface area (Å²) in [6.07, 6.45) is 11.8. The van der Waals surface area contributed by atoms with Crippen LogP contribution < -0.4 is 5.32 Å². The quantitative estimate of drug-likeness (QED) is 0.512. The normalized spacial score (nSPS) is 22.4. The molecule has 2 fully saturated rings. The number of ether oxygens (including phenoxy) is 1. The molecule has 2 aliphatic rings. The minimum atomic E-state index is 0.426. The molecular formula is C24H27N7O. The first kappa shape index (κ1) is 19.6. The average Bonchev–Trinajstić information content (AvgIpc) is 3.30. The summed E-state index contributed by atoms with van der Waals surface area (Å²) in [4.78, 5) is 23.9. The highest BCUT2D eigenvalue weighted by molar-refractivity contribution is 6.02. The van der Waals surface area contributed by atoms with E-state index in [0.29, 0.717) is 12.1 Å². The molecule has 8 heteroatoms. The third-order valence-corrected chi connectivity index (χ3v) is 6.85. The number of H-pyrrole nitrogens is 1. The summed E-state index contributed by atoms with van der Waals surface area (Å²) in [5.74, 6) is 0.903. The SMILES string of the molecule is c1cnc2cc(-c3c[nH]c4ncnc(N[C@H]5CC[C@H](N6CCOCC6)CC5)c34)ccc2n1. The van der Waals surface area contributed by atoms with Gasteiger partial charge < -0.3 is 15.0 Å². The number of morpholine rings is 1. The lowest BCUT2D eigenvalue weighted by Crippen LogP contribution is -2.46. The van der Waals surface area contributed by atoms with E-state index in [0.717, 1.165) is 78.2 Å². The van der Waals surface area contributed by atoms with E-state index < -0.39 is 0 Å². The van der Waals surface area contributed by atoms with Crippen molar-refractivity contribution in [2.75, 3.05) is 31.6 Å². The Kier molecular flexibility index (Phi) is 5.16. The van der Waals surface area contributed by atoms with Gasteiger partial charge in [-0.3, -0.25) is 14.9 Å². The second-order valence-electron chi connectivity index (χ2n) is 8.71. The Hall–Kier alpha value is -3.10. The fourth-order valence-corrected chi connectivity index (χ4v) is 5.15. The average molecular weight is 430 g/mol. The summed E-state index contributed by atoms with van der Waals surface area (Å²) >= 11 is 0. The maximum atomic E-state index is 5.52. The zero-order valence-corrected chi connectivity index (χ0v) is 18.0. The lowest BCUT2D eigenvalue weighted by Gasteiger charge is -2.39. The highest BCUT2D eigenvalue weighted by Crippen LogP contribution is 2.34. The Bertz CT molecular complexity index is 1230. The second-order valence-corrected chi connectivity index (χ2v) is 8.71. The van der Waals surface area contributed by atoms with Crippen molar-refractivity contribution >= 4 is 27.9 Å². The molecule has 4 heterocycles. The van der Waals surface area contributed by atoms with Crippen molar-refractivity contribution in [2.45, 2.75) is 37.8 Å². The Morgan fingerprint density at radius 2 is 1.75 bits per heavy atom. The Balaban J connectivity index is 1.25. The minimum Gasteiger partial charge on any atom is -0.379 e. The van der Waals surface area contributed by atoms with Crippen molar-refractivity contribution in [3.63, 3.8) is 0 Å². The van der Waals surface area contributed by atoms with Crippen LogP contribution in [0.4, 0.5) is 5.82 Å². The Labute approximate surface area is 186 Å². The van der Waals surface area contributed by atoms with Crippen molar-refractivity contribution in [1.29, 1.82) is 0 Å². The topological polar surface area (TPSA) is 91.8 Å². The number of hydrogen-bond donors (Lipinski definition) is 2. The van der Waals surface area contributed by atoms with Crippen molar-refractivity contribution in [3.8, 4) is 11.1 Å². The largest absolute Gasteiger partial charge is 0.379 e. The van der Waals surface area contributed by atoms with Crippen LogP contribution in [-0.4, -0.2) is 68.2 Å². The van der Waals surface area contributed by atoms with Crippen molar-refractivity contribution in [1.82, 2.24) is 29.8 Å². The summed E-state index contributed by atoms with van der Waals surface area (Å²) in [7, 11) is 0. The lowest BCUT2D eigenvalue weighted by atomic mass is 9.90. The molecule has 32 heavy (non-hydrogen) atoms. The number of nitrogens with zero attached hydrogens (tertiary/aromatic N) is 5. The fraction of sp³-hybridized carbons (Fsp3) is 0.417. The maximum Gasteiger partial charge on any atom is 0.143 e. The van der Waals surface area contributed by atoms with Gasteiger partial charge in [-0.1, -0.05) is 6.07 Å². The van der Waals surface area contributed by atoms with Gasteiger partial charge in [-0.05, 0) is 43.4 Å². The smallest absolute Gasteiger partial charge is 0.143 e. The summed E-state index contributed by atoms with van der Waals surface area (Å²) in [6, 6.07) is 7.29. The number of aromatic nitrogens is 5. The van der Waals surface area contributed by atoms with Crippen LogP contribution in [0.2, 0.25) is 0 Å². The van der Waals surface area contributed by atoms with Gasteiger partial charge in [-0.2, -0.15) is 0 Å². The van der Waals surface area contributed by atoms with Gasteiger partial charge in [0.15, 0.2) is 0 Å². The molecule has 2 N–H and O–H groups in total. The van der Waals surface area contributed by atoms with Gasteiger partial charge in [0, 0.05) is 49.3 Å². The first-order valence-corrected chi connectivity index (χ1v) is 11.5. The number of fused-ring (bicyclic) bond motifs is 2. The molecule has 1 aliphatic carbocycles. The Morgan fingerprint density at radius 1 is 0.938 bits per heavy atom. The van der Waals surface area contributed by atoms with Crippen LogP contribution in [0, 0.1) is 0 Å². The number of hydrogen-bond acceptors (Lipinski definition) is 7. The maximum absolute atomic E-state index is 5.52. The van der Waals surface area contributed by atoms with Gasteiger partial charge in [0.1, 0.15) is 17.8 Å². The standard InChI is InChI=1S/C24H27N7O/c1-6-20-21(26-8-7-25-20)13-16(1)19-14-27-23-22(19)24(29-15-28-23)30-17-2-4-18(5-3-17)31-9-11-32-12-10-31/h1,6-8,13-15,17-18H,2-5,9-12H2,(H2,27,28,29,30)/t17-,18-. The zero-order valence-electron chi connectivity index (χ0n) is 18.0. The van der Waals surface area contributed by atoms with E-state index in [-0.39, 0.29) is 0 Å². The van der Waals surface area contributed by atoms with Crippen LogP contribution in [0.5, 0.6) is 0 Å². The van der Waals surface area contributed by atoms with Crippen LogP contribution in [0.1, 0.15) is 25.7 Å². The first-order chi connectivity index (χ1) is 15.8. The number of benzene rings is 1. The van der Waals surface area contributed by atoms with Crippen LogP contribution in [0.15, 0.2) is 43.1 Å². The molecule has 0 amide bonds. The molecule has 1 aliphatic heterocycles. The van der Waals surface area contributed by atoms with Crippen LogP contribution in [0.25, 0.3) is 33.2 Å². The molecule has 8 nitrogen and oxygen atoms in total. The molecule has 1 aromatic carbocycles. The van der Waals surface area contributed by atoms with Crippen LogP contribution in [-0.2, 0) is 4.74 Å². The fourth-order valence-electron chi connectivity index (χ4n) is 5.15. The third kappa shape index (κ3) is 3.69. The van der Waals surface area contributed by atoms with Gasteiger partial charge in [-0.25, -0.2) is 9.97 Å². The number of rotatable bonds is 4. The molecule has 0 atom stereocenters.